The molecule has 0 aliphatic carbocycles. The van der Waals surface area contributed by atoms with Gasteiger partial charge in [-0.25, -0.2) is 9.18 Å². The molecule has 0 unspecified atom stereocenters. The Morgan fingerprint density at radius 1 is 1.03 bits per heavy atom. The van der Waals surface area contributed by atoms with E-state index in [0.717, 1.165) is 11.1 Å². The number of carbonyl (C=O) groups is 2. The number of amides is 1. The van der Waals surface area contributed by atoms with Gasteiger partial charge in [0.2, 0.25) is 5.91 Å². The van der Waals surface area contributed by atoms with Gasteiger partial charge in [-0.2, -0.15) is 0 Å². The molecule has 3 aromatic rings. The summed E-state index contributed by atoms with van der Waals surface area (Å²) in [5.74, 6) is -0.880. The third-order valence-corrected chi connectivity index (χ3v) is 6.44. The van der Waals surface area contributed by atoms with Gasteiger partial charge in [0, 0.05) is 37.1 Å². The number of piperazine rings is 1. The molecule has 8 heteroatoms. The number of rotatable bonds is 7. The summed E-state index contributed by atoms with van der Waals surface area (Å²) >= 11 is 1.31. The number of hydrogen-bond donors (Lipinski definition) is 1. The average molecular weight is 468 g/mol. The number of ether oxygens (including phenoxy) is 1. The lowest BCUT2D eigenvalue weighted by molar-refractivity contribution is -0.117. The second-order valence-corrected chi connectivity index (χ2v) is 8.58. The number of halogens is 1. The molecule has 172 valence electrons. The van der Waals surface area contributed by atoms with Crippen LogP contribution in [0.3, 0.4) is 0 Å². The minimum absolute atomic E-state index is 0.193. The molecule has 0 bridgehead atoms. The zero-order chi connectivity index (χ0) is 23.2. The third kappa shape index (κ3) is 5.40. The highest BCUT2D eigenvalue weighted by Gasteiger charge is 2.25. The van der Waals surface area contributed by atoms with Crippen LogP contribution in [0.25, 0.3) is 11.1 Å². The number of nitrogens with zero attached hydrogens (tertiary/aromatic N) is 2. The average Bonchev–Trinajstić information content (AvgIpc) is 3.24. The Bertz CT molecular complexity index is 1110. The van der Waals surface area contributed by atoms with E-state index in [-0.39, 0.29) is 24.9 Å². The number of thiophene rings is 1. The van der Waals surface area contributed by atoms with E-state index in [2.05, 4.69) is 5.32 Å². The van der Waals surface area contributed by atoms with Crippen LogP contribution in [0, 0.1) is 5.82 Å². The first kappa shape index (κ1) is 22.9. The van der Waals surface area contributed by atoms with E-state index < -0.39 is 5.97 Å². The van der Waals surface area contributed by atoms with Gasteiger partial charge in [-0.15, -0.1) is 11.3 Å². The molecule has 1 amide bonds. The zero-order valence-electron chi connectivity index (χ0n) is 18.4. The Kier molecular flexibility index (Phi) is 7.36. The molecule has 33 heavy (non-hydrogen) atoms. The standard InChI is InChI=1S/C25H26FN3O3S/c1-2-32-25(31)23-19(18-8-4-3-5-9-18)17-33-24(23)27-22(30)16-28-12-14-29(15-13-28)21-11-7-6-10-20(21)26/h3-11,17H,2,12-16H2,1H3,(H,27,30). The van der Waals surface area contributed by atoms with Crippen molar-refractivity contribution >= 4 is 33.9 Å². The lowest BCUT2D eigenvalue weighted by atomic mass is 10.0. The summed E-state index contributed by atoms with van der Waals surface area (Å²) in [7, 11) is 0. The highest BCUT2D eigenvalue weighted by molar-refractivity contribution is 7.15. The van der Waals surface area contributed by atoms with Gasteiger partial charge in [-0.05, 0) is 24.6 Å². The fourth-order valence-corrected chi connectivity index (χ4v) is 4.88. The van der Waals surface area contributed by atoms with Crippen molar-refractivity contribution in [3.8, 4) is 11.1 Å². The van der Waals surface area contributed by atoms with Crippen molar-refractivity contribution in [1.29, 1.82) is 0 Å². The maximum atomic E-state index is 14.1. The Morgan fingerprint density at radius 2 is 1.73 bits per heavy atom. The number of hydrogen-bond acceptors (Lipinski definition) is 6. The molecule has 1 N–H and O–H groups in total. The topological polar surface area (TPSA) is 61.9 Å². The van der Waals surface area contributed by atoms with Gasteiger partial charge < -0.3 is 15.0 Å². The first-order valence-corrected chi connectivity index (χ1v) is 11.8. The van der Waals surface area contributed by atoms with Crippen LogP contribution in [0.15, 0.2) is 60.0 Å². The molecule has 2 aromatic carbocycles. The zero-order valence-corrected chi connectivity index (χ0v) is 19.2. The summed E-state index contributed by atoms with van der Waals surface area (Å²) in [5.41, 5.74) is 2.60. The van der Waals surface area contributed by atoms with Gasteiger partial charge in [0.05, 0.1) is 18.8 Å². The Balaban J connectivity index is 1.41. The molecule has 1 aromatic heterocycles. The normalized spacial score (nSPS) is 14.2. The molecule has 0 atom stereocenters. The van der Waals surface area contributed by atoms with E-state index >= 15 is 0 Å². The molecule has 0 saturated carbocycles. The van der Waals surface area contributed by atoms with Crippen LogP contribution in [-0.4, -0.2) is 56.1 Å². The number of esters is 1. The van der Waals surface area contributed by atoms with Crippen molar-refractivity contribution in [2.45, 2.75) is 6.92 Å². The highest BCUT2D eigenvalue weighted by atomic mass is 32.1. The molecule has 0 radical (unpaired) electrons. The van der Waals surface area contributed by atoms with Gasteiger partial charge >= 0.3 is 5.97 Å². The quantitative estimate of drug-likeness (QED) is 0.519. The molecular formula is C25H26FN3O3S. The largest absolute Gasteiger partial charge is 0.462 e. The lowest BCUT2D eigenvalue weighted by Crippen LogP contribution is -2.48. The van der Waals surface area contributed by atoms with Crippen LogP contribution >= 0.6 is 11.3 Å². The molecule has 2 heterocycles. The van der Waals surface area contributed by atoms with Crippen LogP contribution in [0.4, 0.5) is 15.1 Å². The van der Waals surface area contributed by atoms with Crippen LogP contribution in [0.2, 0.25) is 0 Å². The number of anilines is 2. The number of nitrogens with one attached hydrogen (secondary N) is 1. The first-order chi connectivity index (χ1) is 16.1. The molecule has 6 nitrogen and oxygen atoms in total. The van der Waals surface area contributed by atoms with Crippen LogP contribution in [0.1, 0.15) is 17.3 Å². The fourth-order valence-electron chi connectivity index (χ4n) is 3.91. The summed E-state index contributed by atoms with van der Waals surface area (Å²) in [4.78, 5) is 29.5. The Labute approximate surface area is 196 Å². The molecule has 0 spiro atoms. The molecule has 4 rings (SSSR count). The van der Waals surface area contributed by atoms with E-state index in [1.54, 1.807) is 19.1 Å². The van der Waals surface area contributed by atoms with E-state index in [1.165, 1.54) is 17.4 Å². The monoisotopic (exact) mass is 467 g/mol. The lowest BCUT2D eigenvalue weighted by Gasteiger charge is -2.35. The van der Waals surface area contributed by atoms with E-state index in [1.807, 2.05) is 51.6 Å². The molecule has 1 aliphatic heterocycles. The third-order valence-electron chi connectivity index (χ3n) is 5.54. The second kappa shape index (κ2) is 10.6. The van der Waals surface area contributed by atoms with Gasteiger partial charge in [0.1, 0.15) is 16.4 Å². The van der Waals surface area contributed by atoms with Crippen LogP contribution < -0.4 is 10.2 Å². The summed E-state index contributed by atoms with van der Waals surface area (Å²) in [5, 5.41) is 5.26. The minimum Gasteiger partial charge on any atom is -0.462 e. The maximum Gasteiger partial charge on any atom is 0.341 e. The fraction of sp³-hybridized carbons (Fsp3) is 0.280. The van der Waals surface area contributed by atoms with Gasteiger partial charge in [0.15, 0.2) is 0 Å². The van der Waals surface area contributed by atoms with Gasteiger partial charge in [-0.1, -0.05) is 42.5 Å². The SMILES string of the molecule is CCOC(=O)c1c(-c2ccccc2)csc1NC(=O)CN1CCN(c2ccccc2F)CC1. The van der Waals surface area contributed by atoms with Crippen molar-refractivity contribution < 1.29 is 18.7 Å². The van der Waals surface area contributed by atoms with Crippen molar-refractivity contribution in [3.05, 3.63) is 71.4 Å². The maximum absolute atomic E-state index is 14.1. The van der Waals surface area contributed by atoms with Crippen molar-refractivity contribution in [1.82, 2.24) is 4.90 Å². The Morgan fingerprint density at radius 3 is 2.42 bits per heavy atom. The summed E-state index contributed by atoms with van der Waals surface area (Å²) < 4.78 is 19.3. The number of para-hydroxylation sites is 1. The predicted octanol–water partition coefficient (Wildman–Crippen LogP) is 4.49. The predicted molar refractivity (Wildman–Crippen MR) is 129 cm³/mol. The van der Waals surface area contributed by atoms with E-state index in [4.69, 9.17) is 4.74 Å². The van der Waals surface area contributed by atoms with E-state index in [0.29, 0.717) is 42.4 Å². The summed E-state index contributed by atoms with van der Waals surface area (Å²) in [6.45, 7) is 4.78. The highest BCUT2D eigenvalue weighted by Crippen LogP contribution is 2.36. The smallest absolute Gasteiger partial charge is 0.341 e. The van der Waals surface area contributed by atoms with E-state index in [9.17, 15) is 14.0 Å². The van der Waals surface area contributed by atoms with Crippen molar-refractivity contribution in [2.75, 3.05) is 49.5 Å². The minimum atomic E-state index is -0.452. The van der Waals surface area contributed by atoms with Gasteiger partial charge in [-0.3, -0.25) is 9.69 Å². The van der Waals surface area contributed by atoms with Crippen molar-refractivity contribution in [2.24, 2.45) is 0 Å². The van der Waals surface area contributed by atoms with Crippen molar-refractivity contribution in [3.63, 3.8) is 0 Å². The number of carbonyl (C=O) groups excluding carboxylic acids is 2. The summed E-state index contributed by atoms with van der Waals surface area (Å²) in [6.07, 6.45) is 0. The molecular weight excluding hydrogens is 441 g/mol. The second-order valence-electron chi connectivity index (χ2n) is 7.70. The molecule has 1 fully saturated rings. The van der Waals surface area contributed by atoms with Crippen LogP contribution in [-0.2, 0) is 9.53 Å². The molecule has 1 saturated heterocycles. The summed E-state index contributed by atoms with van der Waals surface area (Å²) in [6, 6.07) is 16.3. The number of benzene rings is 2. The van der Waals surface area contributed by atoms with Gasteiger partial charge in [0.25, 0.3) is 0 Å². The van der Waals surface area contributed by atoms with Crippen LogP contribution in [0.5, 0.6) is 0 Å². The first-order valence-electron chi connectivity index (χ1n) is 10.9. The Hall–Kier alpha value is -3.23. The molecule has 1 aliphatic rings.